The number of aromatic nitrogens is 1. The first-order valence-corrected chi connectivity index (χ1v) is 6.62. The van der Waals surface area contributed by atoms with Crippen LogP contribution in [0.2, 0.25) is 0 Å². The maximum atomic E-state index is 12.1. The average Bonchev–Trinajstić information content (AvgIpc) is 2.30. The van der Waals surface area contributed by atoms with Crippen LogP contribution < -0.4 is 5.73 Å². The molecule has 0 aliphatic carbocycles. The van der Waals surface area contributed by atoms with Gasteiger partial charge in [-0.2, -0.15) is 0 Å². The number of rotatable bonds is 3. The Morgan fingerprint density at radius 3 is 2.82 bits per heavy atom. The van der Waals surface area contributed by atoms with E-state index in [0.29, 0.717) is 16.3 Å². The molecule has 4 heteroatoms. The summed E-state index contributed by atoms with van der Waals surface area (Å²) < 4.78 is 12.1. The van der Waals surface area contributed by atoms with Gasteiger partial charge in [0.05, 0.1) is 21.4 Å². The van der Waals surface area contributed by atoms with Gasteiger partial charge in [0.2, 0.25) is 0 Å². The summed E-state index contributed by atoms with van der Waals surface area (Å²) in [6.45, 7) is 1.96. The summed E-state index contributed by atoms with van der Waals surface area (Å²) in [6, 6.07) is 9.35. The fourth-order valence-corrected chi connectivity index (χ4v) is 2.76. The third-order valence-corrected chi connectivity index (χ3v) is 3.89. The van der Waals surface area contributed by atoms with Crippen LogP contribution in [0, 0.1) is 6.92 Å². The highest BCUT2D eigenvalue weighted by atomic mass is 32.2. The molecular weight excluding hydrogens is 232 g/mol. The van der Waals surface area contributed by atoms with E-state index in [-0.39, 0.29) is 0 Å². The molecule has 0 radical (unpaired) electrons. The smallest absolute Gasteiger partial charge is 0.0621 e. The van der Waals surface area contributed by atoms with Crippen molar-refractivity contribution in [1.29, 1.82) is 0 Å². The highest BCUT2D eigenvalue weighted by molar-refractivity contribution is 7.84. The first kappa shape index (κ1) is 11.8. The Kier molecular flexibility index (Phi) is 3.54. The van der Waals surface area contributed by atoms with Crippen LogP contribution in [0.25, 0.3) is 0 Å². The van der Waals surface area contributed by atoms with Crippen LogP contribution in [0.3, 0.4) is 0 Å². The molecule has 0 amide bonds. The fraction of sp³-hybridized carbons (Fsp3) is 0.154. The predicted octanol–water partition coefficient (Wildman–Crippen LogP) is 2.28. The number of benzene rings is 1. The Morgan fingerprint density at radius 1 is 1.35 bits per heavy atom. The molecule has 0 aliphatic rings. The van der Waals surface area contributed by atoms with Gasteiger partial charge in [0.1, 0.15) is 0 Å². The fourth-order valence-electron chi connectivity index (χ4n) is 1.59. The van der Waals surface area contributed by atoms with Gasteiger partial charge >= 0.3 is 0 Å². The Hall–Kier alpha value is -1.68. The molecule has 0 bridgehead atoms. The second-order valence-electron chi connectivity index (χ2n) is 3.89. The van der Waals surface area contributed by atoms with Crippen LogP contribution in [-0.2, 0) is 16.6 Å². The van der Waals surface area contributed by atoms with Crippen molar-refractivity contribution >= 4 is 16.5 Å². The summed E-state index contributed by atoms with van der Waals surface area (Å²) in [5.74, 6) is 0.446. The van der Waals surface area contributed by atoms with Crippen molar-refractivity contribution in [1.82, 2.24) is 4.98 Å². The summed E-state index contributed by atoms with van der Waals surface area (Å²) in [7, 11) is -1.12. The molecule has 0 fully saturated rings. The molecule has 1 unspecified atom stereocenters. The first-order valence-electron chi connectivity index (χ1n) is 5.30. The summed E-state index contributed by atoms with van der Waals surface area (Å²) in [6.07, 6.45) is 3.43. The third-order valence-electron chi connectivity index (χ3n) is 2.43. The Labute approximate surface area is 103 Å². The second-order valence-corrected chi connectivity index (χ2v) is 5.31. The molecule has 0 aliphatic heterocycles. The average molecular weight is 246 g/mol. The SMILES string of the molecule is Cc1ccc(S(=O)Cc2cccnc2)c(N)c1. The second kappa shape index (κ2) is 5.10. The molecule has 1 atom stereocenters. The van der Waals surface area contributed by atoms with Gasteiger partial charge in [0.15, 0.2) is 0 Å². The Bertz CT molecular complexity index is 540. The topological polar surface area (TPSA) is 56.0 Å². The van der Waals surface area contributed by atoms with E-state index in [2.05, 4.69) is 4.98 Å². The molecule has 0 saturated carbocycles. The van der Waals surface area contributed by atoms with E-state index in [4.69, 9.17) is 5.73 Å². The lowest BCUT2D eigenvalue weighted by Gasteiger charge is -2.06. The van der Waals surface area contributed by atoms with Gasteiger partial charge in [0, 0.05) is 18.1 Å². The largest absolute Gasteiger partial charge is 0.398 e. The minimum atomic E-state index is -1.12. The number of nitrogens with two attached hydrogens (primary N) is 1. The van der Waals surface area contributed by atoms with E-state index in [1.165, 1.54) is 0 Å². The maximum absolute atomic E-state index is 12.1. The van der Waals surface area contributed by atoms with Gasteiger partial charge < -0.3 is 5.73 Å². The van der Waals surface area contributed by atoms with E-state index >= 15 is 0 Å². The van der Waals surface area contributed by atoms with Gasteiger partial charge in [-0.3, -0.25) is 9.19 Å². The zero-order chi connectivity index (χ0) is 12.3. The third kappa shape index (κ3) is 2.91. The van der Waals surface area contributed by atoms with Gasteiger partial charge in [0.25, 0.3) is 0 Å². The van der Waals surface area contributed by atoms with E-state index < -0.39 is 10.8 Å². The number of nitrogen functional groups attached to an aromatic ring is 1. The molecule has 1 aromatic heterocycles. The quantitative estimate of drug-likeness (QED) is 0.845. The van der Waals surface area contributed by atoms with Crippen LogP contribution >= 0.6 is 0 Å². The molecule has 2 aromatic rings. The van der Waals surface area contributed by atoms with Crippen molar-refractivity contribution in [3.63, 3.8) is 0 Å². The zero-order valence-electron chi connectivity index (χ0n) is 9.59. The van der Waals surface area contributed by atoms with Crippen LogP contribution in [0.1, 0.15) is 11.1 Å². The van der Waals surface area contributed by atoms with Crippen molar-refractivity contribution in [2.75, 3.05) is 5.73 Å². The molecule has 0 saturated heterocycles. The van der Waals surface area contributed by atoms with Crippen LogP contribution in [0.5, 0.6) is 0 Å². The van der Waals surface area contributed by atoms with Crippen molar-refractivity contribution < 1.29 is 4.21 Å². The molecule has 0 spiro atoms. The lowest BCUT2D eigenvalue weighted by molar-refractivity contribution is 0.683. The van der Waals surface area contributed by atoms with E-state index in [1.54, 1.807) is 12.4 Å². The number of anilines is 1. The van der Waals surface area contributed by atoms with Gasteiger partial charge in [-0.05, 0) is 36.2 Å². The first-order chi connectivity index (χ1) is 8.16. The number of aryl methyl sites for hydroxylation is 1. The minimum Gasteiger partial charge on any atom is -0.398 e. The molecular formula is C13H14N2OS. The number of nitrogens with zero attached hydrogens (tertiary/aromatic N) is 1. The summed E-state index contributed by atoms with van der Waals surface area (Å²) in [5.41, 5.74) is 8.48. The van der Waals surface area contributed by atoms with Crippen molar-refractivity contribution in [2.24, 2.45) is 0 Å². The maximum Gasteiger partial charge on any atom is 0.0621 e. The Morgan fingerprint density at radius 2 is 2.18 bits per heavy atom. The Balaban J connectivity index is 2.21. The number of hydrogen-bond donors (Lipinski definition) is 1. The normalized spacial score (nSPS) is 12.3. The minimum absolute atomic E-state index is 0.446. The summed E-state index contributed by atoms with van der Waals surface area (Å²) in [4.78, 5) is 4.70. The monoisotopic (exact) mass is 246 g/mol. The molecule has 17 heavy (non-hydrogen) atoms. The summed E-state index contributed by atoms with van der Waals surface area (Å²) in [5, 5.41) is 0. The van der Waals surface area contributed by atoms with E-state index in [0.717, 1.165) is 11.1 Å². The standard InChI is InChI=1S/C13H14N2OS/c1-10-4-5-13(12(14)7-10)17(16)9-11-3-2-6-15-8-11/h2-8H,9,14H2,1H3. The van der Waals surface area contributed by atoms with Gasteiger partial charge in [-0.15, -0.1) is 0 Å². The predicted molar refractivity (Wildman–Crippen MR) is 69.9 cm³/mol. The van der Waals surface area contributed by atoms with Gasteiger partial charge in [-0.1, -0.05) is 12.1 Å². The van der Waals surface area contributed by atoms with Crippen molar-refractivity contribution in [3.8, 4) is 0 Å². The van der Waals surface area contributed by atoms with Crippen LogP contribution in [-0.4, -0.2) is 9.19 Å². The van der Waals surface area contributed by atoms with E-state index in [1.807, 2.05) is 37.3 Å². The molecule has 1 aromatic carbocycles. The highest BCUT2D eigenvalue weighted by Gasteiger charge is 2.08. The molecule has 3 nitrogen and oxygen atoms in total. The number of hydrogen-bond acceptors (Lipinski definition) is 3. The highest BCUT2D eigenvalue weighted by Crippen LogP contribution is 2.20. The van der Waals surface area contributed by atoms with Crippen molar-refractivity contribution in [3.05, 3.63) is 53.9 Å². The molecule has 1 heterocycles. The lowest BCUT2D eigenvalue weighted by atomic mass is 10.2. The van der Waals surface area contributed by atoms with Crippen LogP contribution in [0.15, 0.2) is 47.6 Å². The molecule has 2 N–H and O–H groups in total. The molecule has 2 rings (SSSR count). The zero-order valence-corrected chi connectivity index (χ0v) is 10.4. The van der Waals surface area contributed by atoms with Crippen molar-refractivity contribution in [2.45, 2.75) is 17.6 Å². The van der Waals surface area contributed by atoms with Gasteiger partial charge in [-0.25, -0.2) is 0 Å². The van der Waals surface area contributed by atoms with E-state index in [9.17, 15) is 4.21 Å². The lowest BCUT2D eigenvalue weighted by Crippen LogP contribution is -2.01. The molecule has 88 valence electrons. The number of pyridine rings is 1. The summed E-state index contributed by atoms with van der Waals surface area (Å²) >= 11 is 0. The van der Waals surface area contributed by atoms with Crippen LogP contribution in [0.4, 0.5) is 5.69 Å².